The van der Waals surface area contributed by atoms with Crippen molar-refractivity contribution in [2.75, 3.05) is 0 Å². The minimum atomic E-state index is 0. The summed E-state index contributed by atoms with van der Waals surface area (Å²) in [5, 5.41) is 18.7. The first-order valence-corrected chi connectivity index (χ1v) is 4.11. The second kappa shape index (κ2) is 4.51. The van der Waals surface area contributed by atoms with E-state index in [0.29, 0.717) is 15.1 Å². The second-order valence-electron chi connectivity index (χ2n) is 2.25. The molecule has 0 aliphatic rings. The molecular formula is C8H5KN2OS. The van der Waals surface area contributed by atoms with Crippen LogP contribution in [-0.4, -0.2) is 10.1 Å². The van der Waals surface area contributed by atoms with Gasteiger partial charge in [-0.25, -0.2) is 4.98 Å². The van der Waals surface area contributed by atoms with E-state index in [1.165, 1.54) is 11.3 Å². The standard InChI is InChI=1S/C8H4N2OS.K.H/c9-4-6-7(11)5-2-1-3-10-8(5)12-6;;/h1-3,11H;;/q;+1;-1. The number of aromatic hydroxyl groups is 1. The minimum absolute atomic E-state index is 0. The van der Waals surface area contributed by atoms with Crippen LogP contribution < -0.4 is 51.4 Å². The summed E-state index contributed by atoms with van der Waals surface area (Å²) in [5.74, 6) is 0.0469. The first-order valence-electron chi connectivity index (χ1n) is 3.29. The summed E-state index contributed by atoms with van der Waals surface area (Å²) in [4.78, 5) is 5.04. The third kappa shape index (κ3) is 1.93. The molecule has 2 rings (SSSR count). The molecule has 5 heteroatoms. The summed E-state index contributed by atoms with van der Waals surface area (Å²) in [5.41, 5.74) is 0. The van der Waals surface area contributed by atoms with Gasteiger partial charge in [-0.05, 0) is 12.1 Å². The number of hydrogen-bond donors (Lipinski definition) is 1. The molecule has 0 aliphatic carbocycles. The van der Waals surface area contributed by atoms with Gasteiger partial charge in [0.2, 0.25) is 0 Å². The zero-order chi connectivity index (χ0) is 8.55. The van der Waals surface area contributed by atoms with Crippen LogP contribution in [0.15, 0.2) is 18.3 Å². The Hall–Kier alpha value is 0.0364. The molecule has 0 fully saturated rings. The number of fused-ring (bicyclic) bond motifs is 1. The molecule has 13 heavy (non-hydrogen) atoms. The van der Waals surface area contributed by atoms with Crippen LogP contribution in [0.5, 0.6) is 5.75 Å². The van der Waals surface area contributed by atoms with E-state index >= 15 is 0 Å². The number of pyridine rings is 1. The largest absolute Gasteiger partial charge is 1.00 e. The van der Waals surface area contributed by atoms with Crippen LogP contribution in [0.25, 0.3) is 10.2 Å². The molecule has 0 atom stereocenters. The monoisotopic (exact) mass is 216 g/mol. The number of nitriles is 1. The van der Waals surface area contributed by atoms with Gasteiger partial charge in [-0.2, -0.15) is 5.26 Å². The molecule has 3 nitrogen and oxygen atoms in total. The maximum Gasteiger partial charge on any atom is 1.00 e. The van der Waals surface area contributed by atoms with Crippen LogP contribution >= 0.6 is 11.3 Å². The quantitative estimate of drug-likeness (QED) is 0.574. The van der Waals surface area contributed by atoms with Gasteiger partial charge in [0, 0.05) is 6.20 Å². The molecule has 0 aliphatic heterocycles. The molecule has 2 aromatic rings. The van der Waals surface area contributed by atoms with E-state index in [0.717, 1.165) is 0 Å². The van der Waals surface area contributed by atoms with Crippen LogP contribution in [0.3, 0.4) is 0 Å². The van der Waals surface area contributed by atoms with Gasteiger partial charge in [0.05, 0.1) is 5.39 Å². The molecule has 60 valence electrons. The molecule has 0 radical (unpaired) electrons. The Bertz CT molecular complexity index is 480. The third-order valence-electron chi connectivity index (χ3n) is 1.54. The topological polar surface area (TPSA) is 56.9 Å². The Morgan fingerprint density at radius 3 is 3.00 bits per heavy atom. The van der Waals surface area contributed by atoms with Crippen molar-refractivity contribution >= 4 is 21.6 Å². The van der Waals surface area contributed by atoms with Crippen molar-refractivity contribution in [2.24, 2.45) is 0 Å². The van der Waals surface area contributed by atoms with Crippen molar-refractivity contribution < 1.29 is 57.9 Å². The van der Waals surface area contributed by atoms with E-state index in [1.54, 1.807) is 18.3 Å². The minimum Gasteiger partial charge on any atom is -1.00 e. The molecule has 1 N–H and O–H groups in total. The summed E-state index contributed by atoms with van der Waals surface area (Å²) in [6.07, 6.45) is 1.64. The van der Waals surface area contributed by atoms with E-state index in [9.17, 15) is 5.11 Å². The maximum atomic E-state index is 9.44. The van der Waals surface area contributed by atoms with Crippen molar-refractivity contribution in [1.29, 1.82) is 5.26 Å². The molecule has 0 bridgehead atoms. The second-order valence-corrected chi connectivity index (χ2v) is 3.25. The fourth-order valence-electron chi connectivity index (χ4n) is 0.995. The van der Waals surface area contributed by atoms with Crippen molar-refractivity contribution in [2.45, 2.75) is 0 Å². The van der Waals surface area contributed by atoms with E-state index < -0.39 is 0 Å². The Balaban J connectivity index is 0.000000845. The summed E-state index contributed by atoms with van der Waals surface area (Å²) in [6, 6.07) is 5.39. The average molecular weight is 216 g/mol. The van der Waals surface area contributed by atoms with Gasteiger partial charge in [0.1, 0.15) is 15.8 Å². The summed E-state index contributed by atoms with van der Waals surface area (Å²) in [6.45, 7) is 0. The Morgan fingerprint density at radius 2 is 2.38 bits per heavy atom. The van der Waals surface area contributed by atoms with Gasteiger partial charge in [-0.3, -0.25) is 0 Å². The Labute approximate surface area is 123 Å². The number of nitrogens with zero attached hydrogens (tertiary/aromatic N) is 2. The average Bonchev–Trinajstić information content (AvgIpc) is 2.44. The fraction of sp³-hybridized carbons (Fsp3) is 0. The fourth-order valence-corrected chi connectivity index (χ4v) is 1.83. The SMILES string of the molecule is N#Cc1sc2ncccc2c1O.[H-].[K+]. The number of aromatic nitrogens is 1. The molecule has 2 aromatic heterocycles. The molecule has 0 spiro atoms. The molecular weight excluding hydrogens is 211 g/mol. The van der Waals surface area contributed by atoms with Crippen molar-refractivity contribution in [1.82, 2.24) is 4.98 Å². The maximum absolute atomic E-state index is 9.44. The first kappa shape index (κ1) is 11.1. The van der Waals surface area contributed by atoms with Gasteiger partial charge in [0.15, 0.2) is 5.75 Å². The van der Waals surface area contributed by atoms with Crippen LogP contribution in [0.1, 0.15) is 6.30 Å². The first-order chi connectivity index (χ1) is 5.83. The van der Waals surface area contributed by atoms with E-state index in [4.69, 9.17) is 5.26 Å². The van der Waals surface area contributed by atoms with Crippen LogP contribution in [0.2, 0.25) is 0 Å². The van der Waals surface area contributed by atoms with Gasteiger partial charge in [-0.15, -0.1) is 11.3 Å². The predicted molar refractivity (Wildman–Crippen MR) is 47.1 cm³/mol. The zero-order valence-corrected chi connectivity index (χ0v) is 10.9. The van der Waals surface area contributed by atoms with Crippen molar-refractivity contribution in [3.63, 3.8) is 0 Å². The van der Waals surface area contributed by atoms with Crippen LogP contribution in [-0.2, 0) is 0 Å². The number of rotatable bonds is 0. The molecule has 0 saturated heterocycles. The smallest absolute Gasteiger partial charge is 1.00 e. The van der Waals surface area contributed by atoms with Gasteiger partial charge >= 0.3 is 51.4 Å². The van der Waals surface area contributed by atoms with Crippen molar-refractivity contribution in [3.05, 3.63) is 23.2 Å². The molecule has 0 aromatic carbocycles. The Kier molecular flexibility index (Phi) is 3.85. The summed E-state index contributed by atoms with van der Waals surface area (Å²) >= 11 is 1.20. The zero-order valence-electron chi connectivity index (χ0n) is 7.98. The van der Waals surface area contributed by atoms with Crippen molar-refractivity contribution in [3.8, 4) is 11.8 Å². The normalized spacial score (nSPS) is 9.15. The van der Waals surface area contributed by atoms with Crippen LogP contribution in [0, 0.1) is 11.3 Å². The van der Waals surface area contributed by atoms with Gasteiger partial charge in [-0.1, -0.05) is 0 Å². The molecule has 0 unspecified atom stereocenters. The third-order valence-corrected chi connectivity index (χ3v) is 2.55. The summed E-state index contributed by atoms with van der Waals surface area (Å²) < 4.78 is 0. The van der Waals surface area contributed by atoms with Crippen LogP contribution in [0.4, 0.5) is 0 Å². The predicted octanol–water partition coefficient (Wildman–Crippen LogP) is -1.01. The number of thiophene rings is 1. The molecule has 0 amide bonds. The number of hydrogen-bond acceptors (Lipinski definition) is 4. The Morgan fingerprint density at radius 1 is 1.62 bits per heavy atom. The van der Waals surface area contributed by atoms with E-state index in [2.05, 4.69) is 4.98 Å². The molecule has 2 heterocycles. The van der Waals surface area contributed by atoms with Gasteiger partial charge in [0.25, 0.3) is 0 Å². The van der Waals surface area contributed by atoms with Gasteiger partial charge < -0.3 is 6.53 Å². The molecule has 0 saturated carbocycles. The summed E-state index contributed by atoms with van der Waals surface area (Å²) in [7, 11) is 0. The van der Waals surface area contributed by atoms with E-state index in [-0.39, 0.29) is 58.6 Å². The van der Waals surface area contributed by atoms with E-state index in [1.807, 2.05) is 6.07 Å².